The Bertz CT molecular complexity index is 911. The third kappa shape index (κ3) is 4.06. The summed E-state index contributed by atoms with van der Waals surface area (Å²) in [6.45, 7) is 1.01. The van der Waals surface area contributed by atoms with Gasteiger partial charge in [0.2, 0.25) is 10.0 Å². The SMILES string of the molecule is O=C(Oc1ccc(Br)cc1Cl)c1cccc(S(=O)(=O)N2CCCC2)c1. The molecule has 0 aliphatic carbocycles. The van der Waals surface area contributed by atoms with Gasteiger partial charge in [-0.05, 0) is 49.2 Å². The van der Waals surface area contributed by atoms with Crippen LogP contribution in [-0.4, -0.2) is 31.8 Å². The van der Waals surface area contributed by atoms with Crippen molar-refractivity contribution in [1.29, 1.82) is 0 Å². The fourth-order valence-electron chi connectivity index (χ4n) is 2.58. The van der Waals surface area contributed by atoms with Gasteiger partial charge in [-0.2, -0.15) is 4.31 Å². The highest BCUT2D eigenvalue weighted by molar-refractivity contribution is 9.10. The van der Waals surface area contributed by atoms with Crippen LogP contribution in [0.15, 0.2) is 51.8 Å². The van der Waals surface area contributed by atoms with Crippen molar-refractivity contribution >= 4 is 43.5 Å². The zero-order valence-corrected chi connectivity index (χ0v) is 16.3. The third-order valence-electron chi connectivity index (χ3n) is 3.87. The van der Waals surface area contributed by atoms with Crippen LogP contribution in [-0.2, 0) is 10.0 Å². The fourth-order valence-corrected chi connectivity index (χ4v) is 4.85. The van der Waals surface area contributed by atoms with Crippen LogP contribution in [0.4, 0.5) is 0 Å². The van der Waals surface area contributed by atoms with E-state index in [1.807, 2.05) is 0 Å². The molecule has 132 valence electrons. The van der Waals surface area contributed by atoms with Crippen LogP contribution in [0.1, 0.15) is 23.2 Å². The first kappa shape index (κ1) is 18.4. The van der Waals surface area contributed by atoms with E-state index in [0.717, 1.165) is 17.3 Å². The lowest BCUT2D eigenvalue weighted by Gasteiger charge is -2.16. The molecule has 0 saturated carbocycles. The summed E-state index contributed by atoms with van der Waals surface area (Å²) in [6, 6.07) is 10.7. The number of hydrogen-bond acceptors (Lipinski definition) is 4. The van der Waals surface area contributed by atoms with Crippen LogP contribution in [0.25, 0.3) is 0 Å². The van der Waals surface area contributed by atoms with Gasteiger partial charge in [0.05, 0.1) is 15.5 Å². The summed E-state index contributed by atoms with van der Waals surface area (Å²) in [5, 5.41) is 0.281. The summed E-state index contributed by atoms with van der Waals surface area (Å²) >= 11 is 9.32. The molecular weight excluding hydrogens is 430 g/mol. The van der Waals surface area contributed by atoms with E-state index in [1.165, 1.54) is 28.6 Å². The summed E-state index contributed by atoms with van der Waals surface area (Å²) < 4.78 is 32.7. The number of carbonyl (C=O) groups is 1. The second-order valence-corrected chi connectivity index (χ2v) is 8.86. The van der Waals surface area contributed by atoms with Crippen molar-refractivity contribution < 1.29 is 17.9 Å². The molecule has 3 rings (SSSR count). The maximum atomic E-state index is 12.6. The largest absolute Gasteiger partial charge is 0.421 e. The quantitative estimate of drug-likeness (QED) is 0.526. The van der Waals surface area contributed by atoms with Crippen molar-refractivity contribution in [1.82, 2.24) is 4.31 Å². The minimum atomic E-state index is -3.59. The van der Waals surface area contributed by atoms with Gasteiger partial charge in [0, 0.05) is 17.6 Å². The number of benzene rings is 2. The Morgan fingerprint density at radius 3 is 2.52 bits per heavy atom. The second-order valence-electron chi connectivity index (χ2n) is 5.60. The lowest BCUT2D eigenvalue weighted by molar-refractivity contribution is 0.0734. The van der Waals surface area contributed by atoms with E-state index in [1.54, 1.807) is 18.2 Å². The first-order chi connectivity index (χ1) is 11.9. The first-order valence-corrected chi connectivity index (χ1v) is 10.3. The van der Waals surface area contributed by atoms with Gasteiger partial charge in [-0.15, -0.1) is 0 Å². The van der Waals surface area contributed by atoms with E-state index >= 15 is 0 Å². The highest BCUT2D eigenvalue weighted by atomic mass is 79.9. The maximum absolute atomic E-state index is 12.6. The Morgan fingerprint density at radius 2 is 1.84 bits per heavy atom. The average Bonchev–Trinajstić information content (AvgIpc) is 3.13. The highest BCUT2D eigenvalue weighted by Crippen LogP contribution is 2.29. The molecule has 0 atom stereocenters. The molecular formula is C17H15BrClNO4S. The van der Waals surface area contributed by atoms with Gasteiger partial charge in [-0.1, -0.05) is 33.6 Å². The monoisotopic (exact) mass is 443 g/mol. The van der Waals surface area contributed by atoms with Crippen molar-refractivity contribution in [2.24, 2.45) is 0 Å². The van der Waals surface area contributed by atoms with Crippen molar-refractivity contribution in [2.75, 3.05) is 13.1 Å². The predicted molar refractivity (Wildman–Crippen MR) is 98.5 cm³/mol. The molecule has 1 fully saturated rings. The Morgan fingerprint density at radius 1 is 1.12 bits per heavy atom. The molecule has 8 heteroatoms. The minimum Gasteiger partial charge on any atom is -0.421 e. The first-order valence-electron chi connectivity index (χ1n) is 7.65. The minimum absolute atomic E-state index is 0.0887. The van der Waals surface area contributed by atoms with Crippen LogP contribution in [0.5, 0.6) is 5.75 Å². The molecule has 0 bridgehead atoms. The van der Waals surface area contributed by atoms with Crippen LogP contribution >= 0.6 is 27.5 Å². The van der Waals surface area contributed by atoms with Crippen molar-refractivity contribution in [3.63, 3.8) is 0 Å². The average molecular weight is 445 g/mol. The molecule has 2 aromatic rings. The number of sulfonamides is 1. The molecule has 1 heterocycles. The van der Waals surface area contributed by atoms with E-state index in [9.17, 15) is 13.2 Å². The molecule has 25 heavy (non-hydrogen) atoms. The molecule has 0 spiro atoms. The molecule has 0 radical (unpaired) electrons. The molecule has 0 unspecified atom stereocenters. The number of carbonyl (C=O) groups excluding carboxylic acids is 1. The summed E-state index contributed by atoms with van der Waals surface area (Å²) in [5.41, 5.74) is 0.152. The molecule has 0 N–H and O–H groups in total. The second kappa shape index (κ2) is 7.45. The van der Waals surface area contributed by atoms with Gasteiger partial charge >= 0.3 is 5.97 Å². The van der Waals surface area contributed by atoms with E-state index < -0.39 is 16.0 Å². The van der Waals surface area contributed by atoms with Crippen molar-refractivity contribution in [3.8, 4) is 5.75 Å². The van der Waals surface area contributed by atoms with Crippen LogP contribution in [0.2, 0.25) is 5.02 Å². The van der Waals surface area contributed by atoms with Gasteiger partial charge in [-0.25, -0.2) is 13.2 Å². The normalized spacial score (nSPS) is 15.3. The Balaban J connectivity index is 1.84. The Labute approximate surface area is 159 Å². The molecule has 1 saturated heterocycles. The number of nitrogens with zero attached hydrogens (tertiary/aromatic N) is 1. The third-order valence-corrected chi connectivity index (χ3v) is 6.55. The van der Waals surface area contributed by atoms with Crippen LogP contribution < -0.4 is 4.74 Å². The topological polar surface area (TPSA) is 63.7 Å². The Kier molecular flexibility index (Phi) is 5.48. The number of ether oxygens (including phenoxy) is 1. The van der Waals surface area contributed by atoms with E-state index in [-0.39, 0.29) is 21.2 Å². The number of rotatable bonds is 4. The molecule has 1 aliphatic heterocycles. The van der Waals surface area contributed by atoms with Crippen molar-refractivity contribution in [2.45, 2.75) is 17.7 Å². The highest BCUT2D eigenvalue weighted by Gasteiger charge is 2.27. The van der Waals surface area contributed by atoms with Crippen LogP contribution in [0.3, 0.4) is 0 Å². The fraction of sp³-hybridized carbons (Fsp3) is 0.235. The number of halogens is 2. The van der Waals surface area contributed by atoms with E-state index in [4.69, 9.17) is 16.3 Å². The summed E-state index contributed by atoms with van der Waals surface area (Å²) in [6.07, 6.45) is 1.70. The van der Waals surface area contributed by atoms with Gasteiger partial charge < -0.3 is 4.74 Å². The Hall–Kier alpha value is -1.41. The number of esters is 1. The van der Waals surface area contributed by atoms with Crippen LogP contribution in [0, 0.1) is 0 Å². The van der Waals surface area contributed by atoms with E-state index in [2.05, 4.69) is 15.9 Å². The lowest BCUT2D eigenvalue weighted by atomic mass is 10.2. The molecule has 2 aromatic carbocycles. The van der Waals surface area contributed by atoms with Gasteiger partial charge in [-0.3, -0.25) is 0 Å². The van der Waals surface area contributed by atoms with Gasteiger partial charge in [0.25, 0.3) is 0 Å². The van der Waals surface area contributed by atoms with E-state index in [0.29, 0.717) is 13.1 Å². The molecule has 1 aliphatic rings. The zero-order chi connectivity index (χ0) is 18.0. The smallest absolute Gasteiger partial charge is 0.343 e. The maximum Gasteiger partial charge on any atom is 0.343 e. The van der Waals surface area contributed by atoms with Crippen molar-refractivity contribution in [3.05, 3.63) is 57.5 Å². The standard InChI is InChI=1S/C17H15BrClNO4S/c18-13-6-7-16(15(19)11-13)24-17(21)12-4-3-5-14(10-12)25(22,23)20-8-1-2-9-20/h3-7,10-11H,1-2,8-9H2. The molecule has 5 nitrogen and oxygen atoms in total. The predicted octanol–water partition coefficient (Wildman–Crippen LogP) is 4.11. The molecule has 0 amide bonds. The lowest BCUT2D eigenvalue weighted by Crippen LogP contribution is -2.28. The van der Waals surface area contributed by atoms with Gasteiger partial charge in [0.15, 0.2) is 0 Å². The summed E-state index contributed by atoms with van der Waals surface area (Å²) in [7, 11) is -3.59. The number of hydrogen-bond donors (Lipinski definition) is 0. The molecule has 0 aromatic heterocycles. The summed E-state index contributed by atoms with van der Waals surface area (Å²) in [4.78, 5) is 12.4. The van der Waals surface area contributed by atoms with Gasteiger partial charge in [0.1, 0.15) is 5.75 Å². The zero-order valence-electron chi connectivity index (χ0n) is 13.1. The summed E-state index contributed by atoms with van der Waals surface area (Å²) in [5.74, 6) is -0.453.